The normalized spacial score (nSPS) is 10.5. The van der Waals surface area contributed by atoms with E-state index < -0.39 is 11.9 Å². The van der Waals surface area contributed by atoms with Crippen LogP contribution in [0.1, 0.15) is 6.92 Å². The molecule has 15 heavy (non-hydrogen) atoms. The van der Waals surface area contributed by atoms with E-state index in [9.17, 15) is 9.59 Å². The van der Waals surface area contributed by atoms with Crippen molar-refractivity contribution in [2.24, 2.45) is 0 Å². The molecule has 0 unspecified atom stereocenters. The van der Waals surface area contributed by atoms with Gasteiger partial charge in [0.25, 0.3) is 0 Å². The minimum atomic E-state index is -1.15. The summed E-state index contributed by atoms with van der Waals surface area (Å²) in [4.78, 5) is 20.9. The maximum atomic E-state index is 10.9. The number of rotatable bonds is 8. The fourth-order valence-electron chi connectivity index (χ4n) is 0.653. The predicted octanol–water partition coefficient (Wildman–Crippen LogP) is -0.246. The van der Waals surface area contributed by atoms with E-state index in [-0.39, 0.29) is 6.79 Å². The van der Waals surface area contributed by atoms with Crippen LogP contribution in [0, 0.1) is 0 Å². The van der Waals surface area contributed by atoms with Crippen LogP contribution in [0.4, 0.5) is 0 Å². The first-order valence-electron chi connectivity index (χ1n) is 4.51. The van der Waals surface area contributed by atoms with E-state index in [4.69, 9.17) is 14.6 Å². The van der Waals surface area contributed by atoms with Gasteiger partial charge < -0.3 is 19.9 Å². The Kier molecular flexibility index (Phi) is 8.31. The fourth-order valence-corrected chi connectivity index (χ4v) is 0.653. The zero-order valence-corrected chi connectivity index (χ0v) is 8.56. The van der Waals surface area contributed by atoms with E-state index in [1.165, 1.54) is 0 Å². The number of carbonyl (C=O) groups is 2. The Morgan fingerprint density at radius 3 is 2.67 bits per heavy atom. The minimum absolute atomic E-state index is 0.192. The molecule has 0 bridgehead atoms. The summed E-state index contributed by atoms with van der Waals surface area (Å²) in [7, 11) is 0. The second-order valence-corrected chi connectivity index (χ2v) is 2.48. The smallest absolute Gasteiger partial charge is 0.328 e. The van der Waals surface area contributed by atoms with E-state index in [1.807, 2.05) is 6.92 Å². The highest BCUT2D eigenvalue weighted by Gasteiger charge is 1.95. The van der Waals surface area contributed by atoms with Crippen molar-refractivity contribution in [3.05, 3.63) is 12.2 Å². The summed E-state index contributed by atoms with van der Waals surface area (Å²) < 4.78 is 9.87. The molecule has 6 nitrogen and oxygen atoms in total. The molecule has 0 rings (SSSR count). The quantitative estimate of drug-likeness (QED) is 0.333. The number of carbonyl (C=O) groups excluding carboxylic acids is 1. The average Bonchev–Trinajstić information content (AvgIpc) is 2.20. The summed E-state index contributed by atoms with van der Waals surface area (Å²) in [6.45, 7) is 3.26. The number of aliphatic carboxylic acids is 1. The molecule has 0 aromatic heterocycles. The summed E-state index contributed by atoms with van der Waals surface area (Å²) in [5.74, 6) is -1.62. The van der Waals surface area contributed by atoms with Crippen LogP contribution < -0.4 is 5.32 Å². The van der Waals surface area contributed by atoms with E-state index in [0.29, 0.717) is 19.8 Å². The van der Waals surface area contributed by atoms with Crippen LogP contribution in [-0.2, 0) is 19.1 Å². The van der Waals surface area contributed by atoms with Gasteiger partial charge in [0.05, 0.1) is 6.61 Å². The molecule has 0 aliphatic heterocycles. The van der Waals surface area contributed by atoms with Gasteiger partial charge in [-0.3, -0.25) is 4.79 Å². The van der Waals surface area contributed by atoms with Crippen LogP contribution in [0.25, 0.3) is 0 Å². The monoisotopic (exact) mass is 217 g/mol. The summed E-state index contributed by atoms with van der Waals surface area (Å²) in [5, 5.41) is 10.7. The summed E-state index contributed by atoms with van der Waals surface area (Å²) in [6, 6.07) is 0. The number of hydrogen-bond donors (Lipinski definition) is 2. The molecular weight excluding hydrogens is 202 g/mol. The molecule has 6 heteroatoms. The van der Waals surface area contributed by atoms with Gasteiger partial charge in [-0.25, -0.2) is 4.79 Å². The van der Waals surface area contributed by atoms with Crippen LogP contribution in [-0.4, -0.2) is 43.5 Å². The lowest BCUT2D eigenvalue weighted by molar-refractivity contribution is -0.131. The third-order valence-electron chi connectivity index (χ3n) is 1.29. The lowest BCUT2D eigenvalue weighted by Crippen LogP contribution is -2.25. The molecule has 1 amide bonds. The van der Waals surface area contributed by atoms with Crippen molar-refractivity contribution < 1.29 is 24.2 Å². The number of nitrogens with one attached hydrogen (secondary N) is 1. The highest BCUT2D eigenvalue weighted by Crippen LogP contribution is 1.78. The van der Waals surface area contributed by atoms with E-state index >= 15 is 0 Å². The lowest BCUT2D eigenvalue weighted by Gasteiger charge is -2.04. The number of hydrogen-bond acceptors (Lipinski definition) is 4. The Bertz CT molecular complexity index is 227. The third kappa shape index (κ3) is 10.5. The van der Waals surface area contributed by atoms with Gasteiger partial charge in [0.15, 0.2) is 0 Å². The molecule has 0 radical (unpaired) electrons. The van der Waals surface area contributed by atoms with Crippen LogP contribution in [0.5, 0.6) is 0 Å². The molecule has 0 heterocycles. The minimum Gasteiger partial charge on any atom is -0.478 e. The largest absolute Gasteiger partial charge is 0.478 e. The van der Waals surface area contributed by atoms with E-state index in [2.05, 4.69) is 5.32 Å². The second kappa shape index (κ2) is 9.17. The molecule has 86 valence electrons. The number of carboxylic acids is 1. The highest BCUT2D eigenvalue weighted by atomic mass is 16.7. The van der Waals surface area contributed by atoms with Gasteiger partial charge in [-0.15, -0.1) is 0 Å². The Morgan fingerprint density at radius 2 is 2.07 bits per heavy atom. The molecule has 0 aromatic rings. The first kappa shape index (κ1) is 13.6. The molecule has 0 aliphatic rings. The molecule has 2 N–H and O–H groups in total. The Balaban J connectivity index is 3.35. The summed E-state index contributed by atoms with van der Waals surface area (Å²) in [5.41, 5.74) is 0. The van der Waals surface area contributed by atoms with Gasteiger partial charge in [0.1, 0.15) is 6.79 Å². The van der Waals surface area contributed by atoms with Gasteiger partial charge in [-0.05, 0) is 6.92 Å². The van der Waals surface area contributed by atoms with Crippen LogP contribution in [0.2, 0.25) is 0 Å². The topological polar surface area (TPSA) is 84.9 Å². The summed E-state index contributed by atoms with van der Waals surface area (Å²) in [6.07, 6.45) is 1.72. The Morgan fingerprint density at radius 1 is 1.33 bits per heavy atom. The zero-order chi connectivity index (χ0) is 11.5. The van der Waals surface area contributed by atoms with Crippen molar-refractivity contribution in [2.75, 3.05) is 26.6 Å². The number of ether oxygens (including phenoxy) is 2. The van der Waals surface area contributed by atoms with Crippen molar-refractivity contribution in [3.8, 4) is 0 Å². The molecular formula is C9H15NO5. The molecule has 0 saturated heterocycles. The Labute approximate surface area is 87.9 Å². The highest BCUT2D eigenvalue weighted by molar-refractivity contribution is 5.93. The van der Waals surface area contributed by atoms with Gasteiger partial charge in [0.2, 0.25) is 5.91 Å². The average molecular weight is 217 g/mol. The first-order chi connectivity index (χ1) is 7.16. The first-order valence-corrected chi connectivity index (χ1v) is 4.51. The Hall–Kier alpha value is -1.40. The van der Waals surface area contributed by atoms with Crippen molar-refractivity contribution in [1.29, 1.82) is 0 Å². The molecule has 0 fully saturated rings. The van der Waals surface area contributed by atoms with E-state index in [1.54, 1.807) is 0 Å². The SMILES string of the molecule is CCOCOCCNC(=O)/C=C\C(=O)O. The standard InChI is InChI=1S/C9H15NO5/c1-2-14-7-15-6-5-10-8(11)3-4-9(12)13/h3-4H,2,5-7H2,1H3,(H,10,11)(H,12,13)/b4-3-. The number of carboxylic acid groups (broad SMARTS) is 1. The van der Waals surface area contributed by atoms with Gasteiger partial charge >= 0.3 is 5.97 Å². The summed E-state index contributed by atoms with van der Waals surface area (Å²) >= 11 is 0. The molecule has 0 atom stereocenters. The number of amides is 1. The molecule has 0 aliphatic carbocycles. The maximum absolute atomic E-state index is 10.9. The van der Waals surface area contributed by atoms with Crippen molar-refractivity contribution >= 4 is 11.9 Å². The zero-order valence-electron chi connectivity index (χ0n) is 8.56. The van der Waals surface area contributed by atoms with Crippen LogP contribution in [0.15, 0.2) is 12.2 Å². The second-order valence-electron chi connectivity index (χ2n) is 2.48. The van der Waals surface area contributed by atoms with Crippen LogP contribution in [0.3, 0.4) is 0 Å². The molecule has 0 aromatic carbocycles. The van der Waals surface area contributed by atoms with Crippen molar-refractivity contribution in [2.45, 2.75) is 6.92 Å². The predicted molar refractivity (Wildman–Crippen MR) is 52.2 cm³/mol. The molecule has 0 spiro atoms. The van der Waals surface area contributed by atoms with Gasteiger partial charge in [0, 0.05) is 25.3 Å². The maximum Gasteiger partial charge on any atom is 0.328 e. The van der Waals surface area contributed by atoms with Crippen LogP contribution >= 0.6 is 0 Å². The molecule has 0 saturated carbocycles. The third-order valence-corrected chi connectivity index (χ3v) is 1.29. The van der Waals surface area contributed by atoms with Crippen molar-refractivity contribution in [1.82, 2.24) is 5.32 Å². The van der Waals surface area contributed by atoms with Gasteiger partial charge in [-0.2, -0.15) is 0 Å². The fraction of sp³-hybridized carbons (Fsp3) is 0.556. The van der Waals surface area contributed by atoms with Gasteiger partial charge in [-0.1, -0.05) is 0 Å². The van der Waals surface area contributed by atoms with Crippen molar-refractivity contribution in [3.63, 3.8) is 0 Å². The van der Waals surface area contributed by atoms with E-state index in [0.717, 1.165) is 12.2 Å². The lowest BCUT2D eigenvalue weighted by atomic mass is 10.4.